The average molecular weight is 328 g/mol. The van der Waals surface area contributed by atoms with Crippen molar-refractivity contribution in [3.8, 4) is 11.8 Å². The summed E-state index contributed by atoms with van der Waals surface area (Å²) in [6, 6.07) is 17.3. The molecule has 25 heavy (non-hydrogen) atoms. The molecule has 3 rings (SSSR count). The Hall–Kier alpha value is -2.26. The third kappa shape index (κ3) is 5.10. The van der Waals surface area contributed by atoms with Crippen molar-refractivity contribution in [3.05, 3.63) is 83.4 Å². The fraction of sp³-hybridized carbons (Fsp3) is 0.360. The van der Waals surface area contributed by atoms with Gasteiger partial charge >= 0.3 is 0 Å². The van der Waals surface area contributed by atoms with Crippen LogP contribution in [-0.2, 0) is 0 Å². The Kier molecular flexibility index (Phi) is 6.13. The van der Waals surface area contributed by atoms with Gasteiger partial charge in [0.25, 0.3) is 0 Å². The Labute approximate surface area is 153 Å². The van der Waals surface area contributed by atoms with E-state index in [9.17, 15) is 0 Å². The van der Waals surface area contributed by atoms with Crippen molar-refractivity contribution < 1.29 is 0 Å². The number of hydrogen-bond donors (Lipinski definition) is 0. The fourth-order valence-corrected chi connectivity index (χ4v) is 3.76. The number of benzene rings is 2. The zero-order valence-corrected chi connectivity index (χ0v) is 15.3. The first-order chi connectivity index (χ1) is 12.2. The third-order valence-electron chi connectivity index (χ3n) is 5.41. The minimum absolute atomic E-state index is 0.735. The molecule has 128 valence electrons. The topological polar surface area (TPSA) is 0 Å². The van der Waals surface area contributed by atoms with Gasteiger partial charge in [-0.25, -0.2) is 0 Å². The van der Waals surface area contributed by atoms with Crippen molar-refractivity contribution in [2.75, 3.05) is 0 Å². The summed E-state index contributed by atoms with van der Waals surface area (Å²) >= 11 is 0. The van der Waals surface area contributed by atoms with Gasteiger partial charge in [0, 0.05) is 11.1 Å². The number of hydrogen-bond acceptors (Lipinski definition) is 0. The molecule has 0 saturated heterocycles. The van der Waals surface area contributed by atoms with Gasteiger partial charge < -0.3 is 0 Å². The quantitative estimate of drug-likeness (QED) is 0.436. The van der Waals surface area contributed by atoms with Crippen molar-refractivity contribution in [3.63, 3.8) is 0 Å². The molecular formula is C25H28. The Morgan fingerprint density at radius 1 is 0.880 bits per heavy atom. The summed E-state index contributed by atoms with van der Waals surface area (Å²) in [5.41, 5.74) is 4.94. The van der Waals surface area contributed by atoms with E-state index < -0.39 is 0 Å². The summed E-state index contributed by atoms with van der Waals surface area (Å²) in [5, 5.41) is 0. The average Bonchev–Trinajstić information content (AvgIpc) is 2.67. The van der Waals surface area contributed by atoms with E-state index in [1.54, 1.807) is 0 Å². The Morgan fingerprint density at radius 2 is 1.44 bits per heavy atom. The molecule has 0 nitrogen and oxygen atoms in total. The Bertz CT molecular complexity index is 729. The van der Waals surface area contributed by atoms with Crippen molar-refractivity contribution in [1.29, 1.82) is 0 Å². The lowest BCUT2D eigenvalue weighted by atomic mass is 9.77. The molecule has 0 spiro atoms. The molecule has 0 heteroatoms. The van der Waals surface area contributed by atoms with Gasteiger partial charge in [-0.05, 0) is 87.1 Å². The lowest BCUT2D eigenvalue weighted by Gasteiger charge is -2.28. The molecule has 0 atom stereocenters. The molecule has 2 aromatic carbocycles. The maximum absolute atomic E-state index is 3.84. The van der Waals surface area contributed by atoms with E-state index in [2.05, 4.69) is 80.0 Å². The van der Waals surface area contributed by atoms with Crippen LogP contribution in [0.1, 0.15) is 66.7 Å². The van der Waals surface area contributed by atoms with Gasteiger partial charge in [-0.1, -0.05) is 47.7 Å². The normalized spacial score (nSPS) is 19.7. The summed E-state index contributed by atoms with van der Waals surface area (Å²) < 4.78 is 0. The monoisotopic (exact) mass is 328 g/mol. The van der Waals surface area contributed by atoms with Crippen LogP contribution >= 0.6 is 0 Å². The number of rotatable bonds is 4. The minimum atomic E-state index is 0.735. The molecule has 0 bridgehead atoms. The second-order valence-electron chi connectivity index (χ2n) is 7.32. The molecule has 0 aliphatic heterocycles. The van der Waals surface area contributed by atoms with Gasteiger partial charge in [-0.2, -0.15) is 0 Å². The first-order valence-corrected chi connectivity index (χ1v) is 9.54. The SMILES string of the molecule is C=CCC[C@H]1CC[C@H](c2ccc(C#Cc3ccc(C)cc3)cc2)CC1. The van der Waals surface area contributed by atoms with Gasteiger partial charge in [-0.3, -0.25) is 0 Å². The van der Waals surface area contributed by atoms with Crippen molar-refractivity contribution in [2.24, 2.45) is 5.92 Å². The van der Waals surface area contributed by atoms with Crippen LogP contribution < -0.4 is 0 Å². The van der Waals surface area contributed by atoms with Gasteiger partial charge in [0.15, 0.2) is 0 Å². The Morgan fingerprint density at radius 3 is 2.00 bits per heavy atom. The molecule has 0 amide bonds. The predicted molar refractivity (Wildman–Crippen MR) is 108 cm³/mol. The zero-order valence-electron chi connectivity index (χ0n) is 15.3. The lowest BCUT2D eigenvalue weighted by molar-refractivity contribution is 0.312. The second-order valence-corrected chi connectivity index (χ2v) is 7.32. The molecule has 0 heterocycles. The fourth-order valence-electron chi connectivity index (χ4n) is 3.76. The van der Waals surface area contributed by atoms with E-state index in [0.717, 1.165) is 23.0 Å². The maximum atomic E-state index is 3.84. The lowest BCUT2D eigenvalue weighted by Crippen LogP contribution is -2.13. The van der Waals surface area contributed by atoms with Gasteiger partial charge in [0.2, 0.25) is 0 Å². The highest BCUT2D eigenvalue weighted by atomic mass is 14.3. The van der Waals surface area contributed by atoms with E-state index in [1.165, 1.54) is 49.7 Å². The molecule has 0 aromatic heterocycles. The van der Waals surface area contributed by atoms with Crippen molar-refractivity contribution >= 4 is 0 Å². The standard InChI is InChI=1S/C25H28/c1-3-4-5-21-12-16-24(17-13-21)25-18-14-23(15-19-25)11-10-22-8-6-20(2)7-9-22/h3,6-9,14-15,18-19,21,24H,1,4-5,12-13,16-17H2,2H3/t21-,24-. The minimum Gasteiger partial charge on any atom is -0.103 e. The second kappa shape index (κ2) is 8.72. The summed E-state index contributed by atoms with van der Waals surface area (Å²) in [6.07, 6.45) is 9.95. The van der Waals surface area contributed by atoms with E-state index in [0.29, 0.717) is 0 Å². The van der Waals surface area contributed by atoms with Crippen LogP contribution in [0.15, 0.2) is 61.2 Å². The first-order valence-electron chi connectivity index (χ1n) is 9.54. The highest BCUT2D eigenvalue weighted by Gasteiger charge is 2.21. The largest absolute Gasteiger partial charge is 0.103 e. The Balaban J connectivity index is 1.58. The highest BCUT2D eigenvalue weighted by molar-refractivity contribution is 5.44. The van der Waals surface area contributed by atoms with Crippen LogP contribution in [0.5, 0.6) is 0 Å². The van der Waals surface area contributed by atoms with Crippen LogP contribution in [0.25, 0.3) is 0 Å². The predicted octanol–water partition coefficient (Wildman–Crippen LogP) is 6.63. The van der Waals surface area contributed by atoms with Crippen LogP contribution in [0, 0.1) is 24.7 Å². The molecule has 1 aliphatic rings. The van der Waals surface area contributed by atoms with Gasteiger partial charge in [0.1, 0.15) is 0 Å². The summed E-state index contributed by atoms with van der Waals surface area (Å²) in [5.74, 6) is 8.18. The van der Waals surface area contributed by atoms with Crippen LogP contribution in [-0.4, -0.2) is 0 Å². The molecule has 1 fully saturated rings. The van der Waals surface area contributed by atoms with Gasteiger partial charge in [0.05, 0.1) is 0 Å². The van der Waals surface area contributed by atoms with Crippen molar-refractivity contribution in [2.45, 2.75) is 51.4 Å². The van der Waals surface area contributed by atoms with E-state index in [4.69, 9.17) is 0 Å². The molecular weight excluding hydrogens is 300 g/mol. The molecule has 2 aromatic rings. The molecule has 1 aliphatic carbocycles. The first kappa shape index (κ1) is 17.6. The molecule has 0 N–H and O–H groups in total. The van der Waals surface area contributed by atoms with Crippen LogP contribution in [0.2, 0.25) is 0 Å². The molecule has 1 saturated carbocycles. The number of allylic oxidation sites excluding steroid dienone is 1. The zero-order chi connectivity index (χ0) is 17.5. The highest BCUT2D eigenvalue weighted by Crippen LogP contribution is 2.37. The third-order valence-corrected chi connectivity index (χ3v) is 5.41. The van der Waals surface area contributed by atoms with Crippen LogP contribution in [0.3, 0.4) is 0 Å². The van der Waals surface area contributed by atoms with Gasteiger partial charge in [-0.15, -0.1) is 6.58 Å². The number of aryl methyl sites for hydroxylation is 1. The maximum Gasteiger partial charge on any atom is 0.0249 e. The van der Waals surface area contributed by atoms with E-state index in [1.807, 2.05) is 0 Å². The van der Waals surface area contributed by atoms with Crippen molar-refractivity contribution in [1.82, 2.24) is 0 Å². The molecule has 0 radical (unpaired) electrons. The molecule has 0 unspecified atom stereocenters. The summed E-state index contributed by atoms with van der Waals surface area (Å²) in [7, 11) is 0. The van der Waals surface area contributed by atoms with Crippen LogP contribution in [0.4, 0.5) is 0 Å². The summed E-state index contributed by atoms with van der Waals surface area (Å²) in [6.45, 7) is 5.94. The van der Waals surface area contributed by atoms with E-state index in [-0.39, 0.29) is 0 Å². The summed E-state index contributed by atoms with van der Waals surface area (Å²) in [4.78, 5) is 0. The smallest absolute Gasteiger partial charge is 0.0249 e. The van der Waals surface area contributed by atoms with E-state index >= 15 is 0 Å².